The Morgan fingerprint density at radius 1 is 1.22 bits per heavy atom. The van der Waals surface area contributed by atoms with Gasteiger partial charge in [-0.2, -0.15) is 0 Å². The predicted octanol–water partition coefficient (Wildman–Crippen LogP) is 2.43. The van der Waals surface area contributed by atoms with Gasteiger partial charge in [-0.05, 0) is 44.4 Å². The third kappa shape index (κ3) is 2.90. The Balaban J connectivity index is 1.95. The van der Waals surface area contributed by atoms with E-state index in [4.69, 9.17) is 4.42 Å². The molecule has 1 amide bonds. The quantitative estimate of drug-likeness (QED) is 0.709. The van der Waals surface area contributed by atoms with Crippen molar-refractivity contribution in [3.63, 3.8) is 0 Å². The van der Waals surface area contributed by atoms with Crippen LogP contribution in [0.25, 0.3) is 11.0 Å². The van der Waals surface area contributed by atoms with Gasteiger partial charge in [0.15, 0.2) is 5.43 Å². The minimum atomic E-state index is -0.655. The molecular weight excluding hydrogens is 349 g/mol. The number of fused-ring (bicyclic) bond motifs is 2. The fourth-order valence-corrected chi connectivity index (χ4v) is 3.38. The first-order valence-electron chi connectivity index (χ1n) is 8.60. The van der Waals surface area contributed by atoms with Gasteiger partial charge in [0.05, 0.1) is 16.6 Å². The van der Waals surface area contributed by atoms with Crippen molar-refractivity contribution in [2.75, 3.05) is 27.2 Å². The second-order valence-corrected chi connectivity index (χ2v) is 6.77. The number of amides is 1. The fourth-order valence-electron chi connectivity index (χ4n) is 3.38. The zero-order valence-electron chi connectivity index (χ0n) is 15.0. The van der Waals surface area contributed by atoms with Gasteiger partial charge in [0.1, 0.15) is 17.4 Å². The molecule has 2 aromatic heterocycles. The summed E-state index contributed by atoms with van der Waals surface area (Å²) in [5, 5.41) is 0.122. The highest BCUT2D eigenvalue weighted by atomic mass is 19.1. The predicted molar refractivity (Wildman–Crippen MR) is 98.1 cm³/mol. The molecule has 0 N–H and O–H groups in total. The zero-order valence-corrected chi connectivity index (χ0v) is 15.0. The molecule has 7 heteroatoms. The first kappa shape index (κ1) is 17.4. The van der Waals surface area contributed by atoms with Crippen molar-refractivity contribution in [1.82, 2.24) is 14.8 Å². The Labute approximate surface area is 154 Å². The largest absolute Gasteiger partial charge is 0.450 e. The maximum atomic E-state index is 13.7. The van der Waals surface area contributed by atoms with Crippen LogP contribution in [0.5, 0.6) is 0 Å². The molecule has 3 aromatic rings. The molecule has 1 aliphatic heterocycles. The van der Waals surface area contributed by atoms with E-state index in [9.17, 15) is 14.0 Å². The van der Waals surface area contributed by atoms with Crippen LogP contribution in [0.15, 0.2) is 51.8 Å². The van der Waals surface area contributed by atoms with Crippen molar-refractivity contribution < 1.29 is 13.6 Å². The number of carbonyl (C=O) groups is 1. The van der Waals surface area contributed by atoms with Gasteiger partial charge < -0.3 is 14.2 Å². The molecule has 0 saturated carbocycles. The number of rotatable bonds is 4. The Morgan fingerprint density at radius 3 is 2.74 bits per heavy atom. The van der Waals surface area contributed by atoms with Crippen molar-refractivity contribution in [2.24, 2.45) is 0 Å². The lowest BCUT2D eigenvalue weighted by molar-refractivity contribution is 0.0714. The van der Waals surface area contributed by atoms with E-state index in [1.54, 1.807) is 29.3 Å². The van der Waals surface area contributed by atoms with Crippen LogP contribution < -0.4 is 5.43 Å². The van der Waals surface area contributed by atoms with Crippen molar-refractivity contribution >= 4 is 16.9 Å². The number of nitrogens with zero attached hydrogens (tertiary/aromatic N) is 3. The minimum Gasteiger partial charge on any atom is -0.450 e. The molecule has 0 saturated heterocycles. The van der Waals surface area contributed by atoms with Gasteiger partial charge in [-0.25, -0.2) is 4.39 Å². The first-order valence-corrected chi connectivity index (χ1v) is 8.60. The highest BCUT2D eigenvalue weighted by Gasteiger charge is 2.43. The van der Waals surface area contributed by atoms with E-state index < -0.39 is 17.3 Å². The van der Waals surface area contributed by atoms with Crippen LogP contribution in [0, 0.1) is 5.82 Å². The van der Waals surface area contributed by atoms with Crippen molar-refractivity contribution in [1.29, 1.82) is 0 Å². The van der Waals surface area contributed by atoms with Gasteiger partial charge in [-0.1, -0.05) is 6.07 Å². The third-order valence-corrected chi connectivity index (χ3v) is 4.68. The first-order chi connectivity index (χ1) is 13.0. The molecule has 138 valence electrons. The summed E-state index contributed by atoms with van der Waals surface area (Å²) in [6.07, 6.45) is 1.62. The molecule has 0 aliphatic carbocycles. The van der Waals surface area contributed by atoms with Crippen LogP contribution >= 0.6 is 0 Å². The number of pyridine rings is 1. The van der Waals surface area contributed by atoms with E-state index in [1.807, 2.05) is 19.0 Å². The molecule has 27 heavy (non-hydrogen) atoms. The average molecular weight is 367 g/mol. The normalized spacial score (nSPS) is 16.4. The molecule has 0 fully saturated rings. The monoisotopic (exact) mass is 367 g/mol. The van der Waals surface area contributed by atoms with Crippen LogP contribution in [-0.4, -0.2) is 47.9 Å². The third-order valence-electron chi connectivity index (χ3n) is 4.68. The Bertz CT molecular complexity index is 1080. The van der Waals surface area contributed by atoms with Gasteiger partial charge in [0.25, 0.3) is 5.91 Å². The van der Waals surface area contributed by atoms with E-state index in [2.05, 4.69) is 4.98 Å². The Hall–Kier alpha value is -3.06. The lowest BCUT2D eigenvalue weighted by Crippen LogP contribution is -2.35. The lowest BCUT2D eigenvalue weighted by Gasteiger charge is -2.25. The second kappa shape index (κ2) is 6.59. The number of halogens is 1. The molecule has 6 nitrogen and oxygen atoms in total. The van der Waals surface area contributed by atoms with Gasteiger partial charge in [0, 0.05) is 19.3 Å². The molecule has 0 radical (unpaired) electrons. The summed E-state index contributed by atoms with van der Waals surface area (Å²) in [5.74, 6) is -0.878. The standard InChI is InChI=1S/C20H18FN3O3/c1-23(2)9-10-24-17(14-5-3-4-8-22-14)16-18(25)13-11-12(21)6-7-15(13)27-19(16)20(24)26/h3-8,11,17H,9-10H2,1-2H3. The SMILES string of the molecule is CN(C)CCN1C(=O)c2oc3ccc(F)cc3c(=O)c2C1c1ccccn1. The summed E-state index contributed by atoms with van der Waals surface area (Å²) in [4.78, 5) is 34.1. The molecule has 0 bridgehead atoms. The van der Waals surface area contributed by atoms with Crippen LogP contribution in [0.2, 0.25) is 0 Å². The van der Waals surface area contributed by atoms with Gasteiger partial charge >= 0.3 is 0 Å². The summed E-state index contributed by atoms with van der Waals surface area (Å²) in [6, 6.07) is 8.41. The maximum Gasteiger partial charge on any atom is 0.291 e. The molecule has 1 unspecified atom stereocenters. The topological polar surface area (TPSA) is 66.7 Å². The van der Waals surface area contributed by atoms with Gasteiger partial charge in [-0.15, -0.1) is 0 Å². The van der Waals surface area contributed by atoms with E-state index >= 15 is 0 Å². The van der Waals surface area contributed by atoms with Crippen LogP contribution in [0.4, 0.5) is 4.39 Å². The van der Waals surface area contributed by atoms with Crippen LogP contribution in [-0.2, 0) is 0 Å². The number of hydrogen-bond donors (Lipinski definition) is 0. The highest BCUT2D eigenvalue weighted by molar-refractivity contribution is 5.99. The summed E-state index contributed by atoms with van der Waals surface area (Å²) >= 11 is 0. The van der Waals surface area contributed by atoms with Crippen molar-refractivity contribution in [3.8, 4) is 0 Å². The van der Waals surface area contributed by atoms with Gasteiger partial charge in [-0.3, -0.25) is 14.6 Å². The summed E-state index contributed by atoms with van der Waals surface area (Å²) in [6.45, 7) is 1.02. The number of hydrogen-bond acceptors (Lipinski definition) is 5. The Kier molecular flexibility index (Phi) is 4.24. The van der Waals surface area contributed by atoms with E-state index in [1.165, 1.54) is 12.1 Å². The van der Waals surface area contributed by atoms with E-state index in [0.29, 0.717) is 18.8 Å². The molecule has 1 atom stereocenters. The van der Waals surface area contributed by atoms with Gasteiger partial charge in [0.2, 0.25) is 5.76 Å². The molecule has 1 aromatic carbocycles. The molecular formula is C20H18FN3O3. The zero-order chi connectivity index (χ0) is 19.1. The summed E-state index contributed by atoms with van der Waals surface area (Å²) in [7, 11) is 3.81. The lowest BCUT2D eigenvalue weighted by atomic mass is 10.0. The average Bonchev–Trinajstić information content (AvgIpc) is 2.94. The van der Waals surface area contributed by atoms with Crippen molar-refractivity contribution in [3.05, 3.63) is 75.7 Å². The minimum absolute atomic E-state index is 0.00789. The molecule has 3 heterocycles. The maximum absolute atomic E-state index is 13.7. The molecule has 0 spiro atoms. The van der Waals surface area contributed by atoms with Crippen molar-refractivity contribution in [2.45, 2.75) is 6.04 Å². The molecule has 1 aliphatic rings. The number of benzene rings is 1. The molecule has 4 rings (SSSR count). The van der Waals surface area contributed by atoms with E-state index in [0.717, 1.165) is 6.07 Å². The fraction of sp³-hybridized carbons (Fsp3) is 0.250. The smallest absolute Gasteiger partial charge is 0.291 e. The number of aromatic nitrogens is 1. The Morgan fingerprint density at radius 2 is 2.04 bits per heavy atom. The van der Waals surface area contributed by atoms with Crippen LogP contribution in [0.3, 0.4) is 0 Å². The number of carbonyl (C=O) groups excluding carboxylic acids is 1. The highest BCUT2D eigenvalue weighted by Crippen LogP contribution is 2.37. The van der Waals surface area contributed by atoms with E-state index in [-0.39, 0.29) is 28.2 Å². The van der Waals surface area contributed by atoms with Crippen LogP contribution in [0.1, 0.15) is 27.9 Å². The summed E-state index contributed by atoms with van der Waals surface area (Å²) in [5.41, 5.74) is 0.590. The summed E-state index contributed by atoms with van der Waals surface area (Å²) < 4.78 is 19.4. The second-order valence-electron chi connectivity index (χ2n) is 6.77. The number of likely N-dealkylation sites (N-methyl/N-ethyl adjacent to an activating group) is 1.